The second kappa shape index (κ2) is 12.8. The molecule has 1 aromatic heterocycles. The van der Waals surface area contributed by atoms with Crippen LogP contribution >= 0.6 is 0 Å². The Labute approximate surface area is 242 Å². The molecule has 1 unspecified atom stereocenters. The molecule has 1 N–H and O–H groups in total. The summed E-state index contributed by atoms with van der Waals surface area (Å²) in [4.78, 5) is 39.2. The lowest BCUT2D eigenvalue weighted by Gasteiger charge is -2.28. The van der Waals surface area contributed by atoms with Crippen LogP contribution in [0, 0.1) is 23.1 Å². The normalized spacial score (nSPS) is 18.3. The molecule has 3 aromatic rings. The fraction of sp³-hybridized carbons (Fsp3) is 0.467. The Morgan fingerprint density at radius 1 is 1.19 bits per heavy atom. The van der Waals surface area contributed by atoms with Crippen LogP contribution in [0.4, 0.5) is 9.18 Å². The summed E-state index contributed by atoms with van der Waals surface area (Å²) < 4.78 is 38.2. The monoisotopic (exact) mass is 582 g/mol. The van der Waals surface area contributed by atoms with Gasteiger partial charge in [0, 0.05) is 33.0 Å². The van der Waals surface area contributed by atoms with E-state index in [1.807, 2.05) is 6.07 Å². The lowest BCUT2D eigenvalue weighted by Crippen LogP contribution is -2.48. The van der Waals surface area contributed by atoms with Crippen molar-refractivity contribution in [1.29, 1.82) is 5.26 Å². The topological polar surface area (TPSA) is 136 Å². The Balaban J connectivity index is 1.45. The van der Waals surface area contributed by atoms with Crippen molar-refractivity contribution in [2.45, 2.75) is 44.9 Å². The van der Waals surface area contributed by atoms with E-state index in [-0.39, 0.29) is 37.6 Å². The average Bonchev–Trinajstić information content (AvgIpc) is 3.08. The van der Waals surface area contributed by atoms with E-state index < -0.39 is 41.3 Å². The molecule has 1 fully saturated rings. The molecule has 2 aromatic carbocycles. The van der Waals surface area contributed by atoms with Crippen molar-refractivity contribution in [2.24, 2.45) is 13.0 Å². The summed E-state index contributed by atoms with van der Waals surface area (Å²) in [6.45, 7) is 5.93. The predicted molar refractivity (Wildman–Crippen MR) is 151 cm³/mol. The number of carbonyl (C=O) groups excluding carboxylic acids is 2. The number of fused-ring (bicyclic) bond motifs is 1. The molecule has 224 valence electrons. The van der Waals surface area contributed by atoms with E-state index in [0.717, 1.165) is 0 Å². The highest BCUT2D eigenvalue weighted by Crippen LogP contribution is 2.26. The first-order valence-corrected chi connectivity index (χ1v) is 13.6. The Morgan fingerprint density at radius 3 is 2.57 bits per heavy atom. The maximum Gasteiger partial charge on any atom is 0.419 e. The lowest BCUT2D eigenvalue weighted by atomic mass is 10.00. The van der Waals surface area contributed by atoms with Crippen molar-refractivity contribution in [1.82, 2.24) is 14.8 Å². The molecule has 1 aliphatic rings. The standard InChI is InChI=1S/C30H35FN4O7/c1-30(2,3)42-29(38)35-14-18(16-39-5)17-40-26(15-35)27(36)33-22(13-32)10-21-7-6-19(11-23(21)31)20-8-9-25-24(12-20)34(4)28(37)41-25/h6-9,11-12,18,22,26H,10,14-17H2,1-5H3,(H,33,36)/t18?,22-,26-/m0/s1. The first-order valence-electron chi connectivity index (χ1n) is 13.6. The van der Waals surface area contributed by atoms with E-state index in [4.69, 9.17) is 18.6 Å². The number of nitrogens with one attached hydrogen (secondary N) is 1. The molecule has 1 aliphatic heterocycles. The van der Waals surface area contributed by atoms with Crippen LogP contribution in [0.3, 0.4) is 0 Å². The van der Waals surface area contributed by atoms with E-state index in [9.17, 15) is 19.6 Å². The van der Waals surface area contributed by atoms with Gasteiger partial charge in [0.1, 0.15) is 17.5 Å². The van der Waals surface area contributed by atoms with Gasteiger partial charge in [-0.2, -0.15) is 5.26 Å². The van der Waals surface area contributed by atoms with Crippen LogP contribution in [-0.2, 0) is 32.5 Å². The number of halogens is 1. The summed E-state index contributed by atoms with van der Waals surface area (Å²) in [5, 5.41) is 12.4. The van der Waals surface area contributed by atoms with Gasteiger partial charge in [-0.05, 0) is 55.7 Å². The third-order valence-corrected chi connectivity index (χ3v) is 6.82. The second-order valence-electron chi connectivity index (χ2n) is 11.3. The highest BCUT2D eigenvalue weighted by molar-refractivity contribution is 5.83. The number of rotatable bonds is 7. The summed E-state index contributed by atoms with van der Waals surface area (Å²) in [6, 6.07) is 10.7. The molecule has 0 aliphatic carbocycles. The number of carbonyl (C=O) groups is 2. The maximum absolute atomic E-state index is 15.2. The smallest absolute Gasteiger partial charge is 0.419 e. The molecule has 11 nitrogen and oxygen atoms in total. The Morgan fingerprint density at radius 2 is 1.90 bits per heavy atom. The maximum atomic E-state index is 15.2. The molecule has 1 saturated heterocycles. The predicted octanol–water partition coefficient (Wildman–Crippen LogP) is 3.39. The summed E-state index contributed by atoms with van der Waals surface area (Å²) >= 11 is 0. The Kier molecular flexibility index (Phi) is 9.33. The number of nitriles is 1. The average molecular weight is 583 g/mol. The first-order chi connectivity index (χ1) is 19.9. The van der Waals surface area contributed by atoms with E-state index in [2.05, 4.69) is 5.32 Å². The largest absolute Gasteiger partial charge is 0.444 e. The number of oxazole rings is 1. The minimum atomic E-state index is -1.06. The highest BCUT2D eigenvalue weighted by Gasteiger charge is 2.34. The molecule has 0 radical (unpaired) electrons. The zero-order valence-electron chi connectivity index (χ0n) is 24.3. The van der Waals surface area contributed by atoms with Crippen molar-refractivity contribution in [3.05, 3.63) is 58.3 Å². The Bertz CT molecular complexity index is 1550. The number of hydrogen-bond acceptors (Lipinski definition) is 8. The minimum Gasteiger partial charge on any atom is -0.444 e. The van der Waals surface area contributed by atoms with Crippen molar-refractivity contribution in [3.63, 3.8) is 0 Å². The molecular weight excluding hydrogens is 547 g/mol. The number of hydrogen-bond donors (Lipinski definition) is 1. The van der Waals surface area contributed by atoms with E-state index in [0.29, 0.717) is 28.8 Å². The van der Waals surface area contributed by atoms with Gasteiger partial charge in [0.05, 0.1) is 31.3 Å². The number of aromatic nitrogens is 1. The van der Waals surface area contributed by atoms with Crippen LogP contribution in [0.25, 0.3) is 22.2 Å². The van der Waals surface area contributed by atoms with Crippen molar-refractivity contribution in [2.75, 3.05) is 33.4 Å². The summed E-state index contributed by atoms with van der Waals surface area (Å²) in [6.07, 6.45) is -1.73. The molecule has 4 rings (SSSR count). The van der Waals surface area contributed by atoms with E-state index in [1.54, 1.807) is 58.2 Å². The molecular formula is C30H35FN4O7. The van der Waals surface area contributed by atoms with Crippen LogP contribution in [0.5, 0.6) is 0 Å². The molecule has 0 spiro atoms. The van der Waals surface area contributed by atoms with Crippen molar-refractivity contribution in [3.8, 4) is 17.2 Å². The van der Waals surface area contributed by atoms with E-state index >= 15 is 4.39 Å². The fourth-order valence-electron chi connectivity index (χ4n) is 4.73. The summed E-state index contributed by atoms with van der Waals surface area (Å²) in [7, 11) is 3.13. The van der Waals surface area contributed by atoms with Gasteiger partial charge < -0.3 is 28.8 Å². The number of nitrogens with zero attached hydrogens (tertiary/aromatic N) is 3. The summed E-state index contributed by atoms with van der Waals surface area (Å²) in [5.74, 6) is -1.81. The molecule has 0 bridgehead atoms. The zero-order chi connectivity index (χ0) is 30.6. The van der Waals surface area contributed by atoms with Crippen molar-refractivity contribution >= 4 is 23.1 Å². The van der Waals surface area contributed by atoms with Crippen molar-refractivity contribution < 1.29 is 32.6 Å². The SMILES string of the molecule is COCC1CO[C@H](C(=O)N[C@H](C#N)Cc2ccc(-c3ccc4oc(=O)n(C)c4c3)cc2F)CN(C(=O)OC(C)(C)C)C1. The van der Waals surface area contributed by atoms with Gasteiger partial charge in [0.15, 0.2) is 11.7 Å². The van der Waals surface area contributed by atoms with Gasteiger partial charge in [0.25, 0.3) is 5.91 Å². The molecule has 3 atom stereocenters. The van der Waals surface area contributed by atoms with E-state index in [1.165, 1.54) is 22.6 Å². The van der Waals surface area contributed by atoms with Crippen LogP contribution in [0.1, 0.15) is 26.3 Å². The quantitative estimate of drug-likeness (QED) is 0.448. The fourth-order valence-corrected chi connectivity index (χ4v) is 4.73. The Hall–Kier alpha value is -4.21. The van der Waals surface area contributed by atoms with Gasteiger partial charge in [-0.3, -0.25) is 9.36 Å². The lowest BCUT2D eigenvalue weighted by molar-refractivity contribution is -0.133. The highest BCUT2D eigenvalue weighted by atomic mass is 19.1. The van der Waals surface area contributed by atoms with Crippen LogP contribution in [0.2, 0.25) is 0 Å². The van der Waals surface area contributed by atoms with Gasteiger partial charge >= 0.3 is 11.8 Å². The molecule has 2 amide bonds. The number of amides is 2. The number of benzene rings is 2. The van der Waals surface area contributed by atoms with Crippen LogP contribution in [0.15, 0.2) is 45.6 Å². The minimum absolute atomic E-state index is 0.0746. The molecule has 42 heavy (non-hydrogen) atoms. The van der Waals surface area contributed by atoms with Gasteiger partial charge in [0.2, 0.25) is 0 Å². The molecule has 2 heterocycles. The third-order valence-electron chi connectivity index (χ3n) is 6.82. The van der Waals surface area contributed by atoms with Gasteiger partial charge in [-0.25, -0.2) is 14.0 Å². The zero-order valence-corrected chi connectivity index (χ0v) is 24.3. The first kappa shape index (κ1) is 30.7. The molecule has 12 heteroatoms. The van der Waals surface area contributed by atoms with Gasteiger partial charge in [-0.15, -0.1) is 0 Å². The molecule has 0 saturated carbocycles. The third kappa shape index (κ3) is 7.35. The van der Waals surface area contributed by atoms with Crippen LogP contribution in [-0.4, -0.2) is 72.6 Å². The number of ether oxygens (including phenoxy) is 3. The number of aryl methyl sites for hydroxylation is 1. The summed E-state index contributed by atoms with van der Waals surface area (Å²) in [5.41, 5.74) is 1.77. The van der Waals surface area contributed by atoms with Gasteiger partial charge in [-0.1, -0.05) is 18.2 Å². The second-order valence-corrected chi connectivity index (χ2v) is 11.3. The van der Waals surface area contributed by atoms with Crippen LogP contribution < -0.4 is 11.1 Å². The number of methoxy groups -OCH3 is 1.